The maximum absolute atomic E-state index is 9.39. The van der Waals surface area contributed by atoms with Gasteiger partial charge in [0.15, 0.2) is 5.82 Å². The average Bonchev–Trinajstić information content (AvgIpc) is 2.91. The van der Waals surface area contributed by atoms with Crippen LogP contribution in [0.15, 0.2) is 54.6 Å². The number of ether oxygens (including phenoxy) is 1. The molecule has 3 aromatic rings. The van der Waals surface area contributed by atoms with Crippen molar-refractivity contribution in [2.75, 3.05) is 18.2 Å². The van der Waals surface area contributed by atoms with E-state index in [1.165, 1.54) is 0 Å². The van der Waals surface area contributed by atoms with E-state index in [0.29, 0.717) is 17.9 Å². The van der Waals surface area contributed by atoms with Gasteiger partial charge in [0.1, 0.15) is 23.2 Å². The van der Waals surface area contributed by atoms with Crippen molar-refractivity contribution in [1.29, 1.82) is 5.26 Å². The lowest BCUT2D eigenvalue weighted by Gasteiger charge is -2.10. The summed E-state index contributed by atoms with van der Waals surface area (Å²) in [7, 11) is 1.63. The van der Waals surface area contributed by atoms with Gasteiger partial charge in [-0.2, -0.15) is 10.4 Å². The molecule has 0 bridgehead atoms. The Morgan fingerprint density at radius 3 is 2.50 bits per heavy atom. The molecule has 1 heterocycles. The van der Waals surface area contributed by atoms with E-state index < -0.39 is 0 Å². The Hall–Kier alpha value is -3.46. The van der Waals surface area contributed by atoms with Gasteiger partial charge in [-0.1, -0.05) is 30.3 Å². The monoisotopic (exact) mass is 319 g/mol. The van der Waals surface area contributed by atoms with Crippen LogP contribution in [0.4, 0.5) is 17.3 Å². The van der Waals surface area contributed by atoms with Crippen molar-refractivity contribution >= 4 is 17.3 Å². The molecule has 0 saturated carbocycles. The lowest BCUT2D eigenvalue weighted by molar-refractivity contribution is 0.414. The fourth-order valence-electron chi connectivity index (χ4n) is 2.39. The molecule has 2 aromatic carbocycles. The molecule has 0 unspecified atom stereocenters. The molecule has 0 aliphatic rings. The molecule has 6 heteroatoms. The molecule has 3 rings (SSSR count). The van der Waals surface area contributed by atoms with Crippen LogP contribution >= 0.6 is 0 Å². The van der Waals surface area contributed by atoms with Crippen molar-refractivity contribution in [3.63, 3.8) is 0 Å². The number of rotatable bonds is 5. The average molecular weight is 319 g/mol. The maximum atomic E-state index is 9.39. The van der Waals surface area contributed by atoms with Gasteiger partial charge < -0.3 is 15.8 Å². The van der Waals surface area contributed by atoms with Gasteiger partial charge in [0.25, 0.3) is 0 Å². The number of hydrogen-bond acceptors (Lipinski definition) is 5. The first-order chi connectivity index (χ1) is 11.7. The van der Waals surface area contributed by atoms with Crippen molar-refractivity contribution in [3.05, 3.63) is 65.7 Å². The summed E-state index contributed by atoms with van der Waals surface area (Å²) in [6.45, 7) is 0.491. The van der Waals surface area contributed by atoms with E-state index in [-0.39, 0.29) is 5.82 Å². The summed E-state index contributed by atoms with van der Waals surface area (Å²) in [5.74, 6) is 1.58. The molecule has 0 spiro atoms. The highest BCUT2D eigenvalue weighted by molar-refractivity contribution is 5.69. The van der Waals surface area contributed by atoms with Crippen LogP contribution in [0.1, 0.15) is 11.1 Å². The summed E-state index contributed by atoms with van der Waals surface area (Å²) in [6.07, 6.45) is 0. The lowest BCUT2D eigenvalue weighted by atomic mass is 10.2. The highest BCUT2D eigenvalue weighted by atomic mass is 16.5. The zero-order valence-electron chi connectivity index (χ0n) is 13.2. The molecule has 0 atom stereocenters. The van der Waals surface area contributed by atoms with Gasteiger partial charge in [-0.05, 0) is 29.8 Å². The molecule has 0 radical (unpaired) electrons. The van der Waals surface area contributed by atoms with Gasteiger partial charge in [-0.25, -0.2) is 4.68 Å². The number of benzene rings is 2. The largest absolute Gasteiger partial charge is 0.497 e. The standard InChI is InChI=1S/C18H17N5O/c1-24-15-9-7-13(8-10-15)12-23-18(16(11-19)17(20)22-23)21-14-5-3-2-4-6-14/h2-10,21H,12H2,1H3,(H2,20,22). The van der Waals surface area contributed by atoms with E-state index in [0.717, 1.165) is 17.0 Å². The number of nitrogens with two attached hydrogens (primary N) is 1. The van der Waals surface area contributed by atoms with Crippen molar-refractivity contribution in [1.82, 2.24) is 9.78 Å². The maximum Gasteiger partial charge on any atom is 0.165 e. The Morgan fingerprint density at radius 1 is 1.17 bits per heavy atom. The van der Waals surface area contributed by atoms with Crippen LogP contribution < -0.4 is 15.8 Å². The van der Waals surface area contributed by atoms with Crippen molar-refractivity contribution < 1.29 is 4.74 Å². The Morgan fingerprint density at radius 2 is 1.88 bits per heavy atom. The van der Waals surface area contributed by atoms with Gasteiger partial charge in [-0.3, -0.25) is 0 Å². The van der Waals surface area contributed by atoms with Crippen molar-refractivity contribution in [2.24, 2.45) is 0 Å². The third kappa shape index (κ3) is 3.15. The fraction of sp³-hybridized carbons (Fsp3) is 0.111. The number of methoxy groups -OCH3 is 1. The molecule has 0 aliphatic heterocycles. The third-order valence-electron chi connectivity index (χ3n) is 3.62. The minimum Gasteiger partial charge on any atom is -0.497 e. The summed E-state index contributed by atoms with van der Waals surface area (Å²) in [5.41, 5.74) is 8.12. The molecule has 6 nitrogen and oxygen atoms in total. The summed E-state index contributed by atoms with van der Waals surface area (Å²) in [6, 6.07) is 19.4. The lowest BCUT2D eigenvalue weighted by Crippen LogP contribution is -2.07. The van der Waals surface area contributed by atoms with Gasteiger partial charge in [0.2, 0.25) is 0 Å². The summed E-state index contributed by atoms with van der Waals surface area (Å²) >= 11 is 0. The highest BCUT2D eigenvalue weighted by Crippen LogP contribution is 2.26. The van der Waals surface area contributed by atoms with Crippen LogP contribution in [0.3, 0.4) is 0 Å². The first-order valence-electron chi connectivity index (χ1n) is 7.42. The smallest absolute Gasteiger partial charge is 0.165 e. The topological polar surface area (TPSA) is 88.9 Å². The highest BCUT2D eigenvalue weighted by Gasteiger charge is 2.16. The molecular weight excluding hydrogens is 302 g/mol. The second-order valence-electron chi connectivity index (χ2n) is 5.22. The second-order valence-corrected chi connectivity index (χ2v) is 5.22. The van der Waals surface area contributed by atoms with Crippen LogP contribution in [0.25, 0.3) is 0 Å². The molecule has 120 valence electrons. The summed E-state index contributed by atoms with van der Waals surface area (Å²) < 4.78 is 6.86. The Labute approximate surface area is 140 Å². The minimum absolute atomic E-state index is 0.212. The number of hydrogen-bond donors (Lipinski definition) is 2. The molecule has 24 heavy (non-hydrogen) atoms. The molecule has 1 aromatic heterocycles. The van der Waals surface area contributed by atoms with E-state index in [9.17, 15) is 5.26 Å². The number of para-hydroxylation sites is 1. The molecule has 0 fully saturated rings. The second kappa shape index (κ2) is 6.75. The van der Waals surface area contributed by atoms with Crippen LogP contribution in [0.5, 0.6) is 5.75 Å². The van der Waals surface area contributed by atoms with Gasteiger partial charge in [-0.15, -0.1) is 0 Å². The van der Waals surface area contributed by atoms with E-state index in [2.05, 4.69) is 16.5 Å². The van der Waals surface area contributed by atoms with E-state index in [4.69, 9.17) is 10.5 Å². The SMILES string of the molecule is COc1ccc(Cn2nc(N)c(C#N)c2Nc2ccccc2)cc1. The van der Waals surface area contributed by atoms with E-state index >= 15 is 0 Å². The Kier molecular flexibility index (Phi) is 4.34. The number of nitrogens with one attached hydrogen (secondary N) is 1. The zero-order valence-corrected chi connectivity index (χ0v) is 13.2. The van der Waals surface area contributed by atoms with E-state index in [1.807, 2.05) is 54.6 Å². The van der Waals surface area contributed by atoms with Gasteiger partial charge in [0.05, 0.1) is 13.7 Å². The number of nitrogen functional groups attached to an aromatic ring is 1. The normalized spacial score (nSPS) is 10.2. The van der Waals surface area contributed by atoms with Gasteiger partial charge in [0, 0.05) is 5.69 Å². The Balaban J connectivity index is 1.93. The van der Waals surface area contributed by atoms with Crippen molar-refractivity contribution in [3.8, 4) is 11.8 Å². The van der Waals surface area contributed by atoms with Crippen LogP contribution in [-0.4, -0.2) is 16.9 Å². The minimum atomic E-state index is 0.212. The molecule has 0 aliphatic carbocycles. The van der Waals surface area contributed by atoms with Crippen molar-refractivity contribution in [2.45, 2.75) is 6.54 Å². The van der Waals surface area contributed by atoms with Crippen LogP contribution in [-0.2, 0) is 6.54 Å². The van der Waals surface area contributed by atoms with Crippen LogP contribution in [0, 0.1) is 11.3 Å². The third-order valence-corrected chi connectivity index (χ3v) is 3.62. The molecular formula is C18H17N5O. The first kappa shape index (κ1) is 15.4. The number of anilines is 3. The van der Waals surface area contributed by atoms with Crippen LogP contribution in [0.2, 0.25) is 0 Å². The van der Waals surface area contributed by atoms with E-state index in [1.54, 1.807) is 11.8 Å². The molecule has 3 N–H and O–H groups in total. The molecule has 0 saturated heterocycles. The Bertz CT molecular complexity index is 863. The summed E-state index contributed by atoms with van der Waals surface area (Å²) in [5, 5.41) is 16.9. The summed E-state index contributed by atoms with van der Waals surface area (Å²) in [4.78, 5) is 0. The number of nitrogens with zero attached hydrogens (tertiary/aromatic N) is 3. The van der Waals surface area contributed by atoms with Gasteiger partial charge >= 0.3 is 0 Å². The first-order valence-corrected chi connectivity index (χ1v) is 7.42. The predicted octanol–water partition coefficient (Wildman–Crippen LogP) is 3.14. The number of aromatic nitrogens is 2. The fourth-order valence-corrected chi connectivity index (χ4v) is 2.39. The quantitative estimate of drug-likeness (QED) is 0.754. The number of nitriles is 1. The molecule has 0 amide bonds. The predicted molar refractivity (Wildman–Crippen MR) is 93.2 cm³/mol. The zero-order chi connectivity index (χ0) is 16.9.